The Labute approximate surface area is 93.2 Å². The minimum atomic E-state index is -0.828. The smallest absolute Gasteiger partial charge is 0.323 e. The number of carboxylic acids is 1. The Morgan fingerprint density at radius 1 is 1.71 bits per heavy atom. The number of carbonyl (C=O) groups is 1. The highest BCUT2D eigenvalue weighted by atomic mass is 32.2. The second-order valence-corrected chi connectivity index (χ2v) is 4.75. The third kappa shape index (κ3) is 3.43. The monoisotopic (exact) mass is 234 g/mol. The molecule has 0 atom stereocenters. The number of hydrogen-bond acceptors (Lipinski definition) is 4. The van der Waals surface area contributed by atoms with Gasteiger partial charge in [0.05, 0.1) is 12.5 Å². The Morgan fingerprint density at radius 3 is 3.00 bits per heavy atom. The zero-order valence-electron chi connectivity index (χ0n) is 8.10. The van der Waals surface area contributed by atoms with Crippen molar-refractivity contribution in [3.63, 3.8) is 0 Å². The molecule has 0 aliphatic carbocycles. The van der Waals surface area contributed by atoms with Crippen molar-refractivity contribution >= 4 is 34.3 Å². The summed E-state index contributed by atoms with van der Waals surface area (Å²) in [7, 11) is 0. The highest BCUT2D eigenvalue weighted by Crippen LogP contribution is 2.18. The number of aliphatic carboxylic acids is 1. The Morgan fingerprint density at radius 2 is 2.43 bits per heavy atom. The van der Waals surface area contributed by atoms with Crippen LogP contribution in [-0.4, -0.2) is 50.8 Å². The first-order valence-corrected chi connectivity index (χ1v) is 5.88. The van der Waals surface area contributed by atoms with Gasteiger partial charge in [-0.2, -0.15) is 0 Å². The molecule has 1 heterocycles. The molecule has 1 saturated heterocycles. The van der Waals surface area contributed by atoms with Crippen molar-refractivity contribution in [3.8, 4) is 0 Å². The molecule has 1 aliphatic heterocycles. The lowest BCUT2D eigenvalue weighted by molar-refractivity contribution is -0.137. The van der Waals surface area contributed by atoms with E-state index in [0.29, 0.717) is 11.0 Å². The summed E-state index contributed by atoms with van der Waals surface area (Å²) in [5, 5.41) is 8.67. The Hall–Kier alpha value is -0.330. The van der Waals surface area contributed by atoms with E-state index < -0.39 is 5.97 Å². The predicted octanol–water partition coefficient (Wildman–Crippen LogP) is 1.03. The van der Waals surface area contributed by atoms with Crippen LogP contribution in [0.4, 0.5) is 0 Å². The topological polar surface area (TPSA) is 43.8 Å². The van der Waals surface area contributed by atoms with Gasteiger partial charge in [-0.15, -0.1) is 0 Å². The summed E-state index contributed by atoms with van der Waals surface area (Å²) in [5.74, 6) is 0.0503. The zero-order valence-corrected chi connectivity index (χ0v) is 9.73. The third-order valence-electron chi connectivity index (χ3n) is 1.87. The van der Waals surface area contributed by atoms with E-state index in [1.54, 1.807) is 4.90 Å². The first-order chi connectivity index (χ1) is 6.63. The van der Waals surface area contributed by atoms with Crippen LogP contribution >= 0.6 is 24.0 Å². The fourth-order valence-corrected chi connectivity index (χ4v) is 2.40. The van der Waals surface area contributed by atoms with E-state index >= 15 is 0 Å². The van der Waals surface area contributed by atoms with E-state index in [1.807, 2.05) is 0 Å². The van der Waals surface area contributed by atoms with E-state index in [2.05, 4.69) is 11.8 Å². The number of thioether (sulfide) groups is 1. The molecule has 0 aromatic carbocycles. The molecule has 0 aromatic heterocycles. The fraction of sp³-hybridized carbons (Fsp3) is 0.750. The maximum atomic E-state index is 10.5. The van der Waals surface area contributed by atoms with Crippen LogP contribution in [0.3, 0.4) is 0 Å². The van der Waals surface area contributed by atoms with Crippen LogP contribution in [0.1, 0.15) is 13.3 Å². The summed E-state index contributed by atoms with van der Waals surface area (Å²) >= 11 is 6.62. The minimum Gasteiger partial charge on any atom is -0.480 e. The molecular weight excluding hydrogens is 220 g/mol. The maximum absolute atomic E-state index is 10.5. The van der Waals surface area contributed by atoms with Gasteiger partial charge in [0.2, 0.25) is 0 Å². The number of carboxylic acid groups (broad SMARTS) is 1. The molecule has 4 nitrogen and oxygen atoms in total. The molecule has 0 spiro atoms. The molecule has 0 aromatic rings. The fourth-order valence-electron chi connectivity index (χ4n) is 1.31. The van der Waals surface area contributed by atoms with Gasteiger partial charge in [0, 0.05) is 6.54 Å². The van der Waals surface area contributed by atoms with Gasteiger partial charge < -0.3 is 10.0 Å². The van der Waals surface area contributed by atoms with Gasteiger partial charge in [-0.3, -0.25) is 9.69 Å². The van der Waals surface area contributed by atoms with E-state index in [1.165, 1.54) is 11.8 Å². The van der Waals surface area contributed by atoms with Crippen molar-refractivity contribution < 1.29 is 9.90 Å². The van der Waals surface area contributed by atoms with E-state index in [9.17, 15) is 4.79 Å². The molecule has 0 saturated carbocycles. The normalized spacial score (nSPS) is 18.6. The van der Waals surface area contributed by atoms with Crippen LogP contribution in [0.25, 0.3) is 0 Å². The minimum absolute atomic E-state index is 0.00600. The number of rotatable bonds is 4. The summed E-state index contributed by atoms with van der Waals surface area (Å²) in [4.78, 5) is 14.5. The first-order valence-electron chi connectivity index (χ1n) is 4.49. The molecule has 6 heteroatoms. The molecule has 0 radical (unpaired) electrons. The molecular formula is C8H14N2O2S2. The van der Waals surface area contributed by atoms with Crippen molar-refractivity contribution in [2.75, 3.05) is 25.6 Å². The summed E-state index contributed by atoms with van der Waals surface area (Å²) < 4.78 is 0.694. The first kappa shape index (κ1) is 11.7. The SMILES string of the molecule is CCCN1CSC(=S)N(CC(=O)O)C1. The molecule has 0 unspecified atom stereocenters. The largest absolute Gasteiger partial charge is 0.480 e. The predicted molar refractivity (Wildman–Crippen MR) is 61.3 cm³/mol. The third-order valence-corrected chi connectivity index (χ3v) is 3.48. The van der Waals surface area contributed by atoms with Crippen molar-refractivity contribution in [2.45, 2.75) is 13.3 Å². The summed E-state index contributed by atoms with van der Waals surface area (Å²) in [6, 6.07) is 0. The molecule has 0 bridgehead atoms. The van der Waals surface area contributed by atoms with Crippen molar-refractivity contribution in [3.05, 3.63) is 0 Å². The van der Waals surface area contributed by atoms with Gasteiger partial charge in [-0.05, 0) is 6.42 Å². The highest BCUT2D eigenvalue weighted by Gasteiger charge is 2.22. The Kier molecular flexibility index (Phi) is 4.64. The maximum Gasteiger partial charge on any atom is 0.323 e. The van der Waals surface area contributed by atoms with E-state index in [0.717, 1.165) is 18.8 Å². The molecule has 1 N–H and O–H groups in total. The van der Waals surface area contributed by atoms with Gasteiger partial charge in [-0.1, -0.05) is 30.9 Å². The number of hydrogen-bond donors (Lipinski definition) is 1. The second-order valence-electron chi connectivity index (χ2n) is 3.17. The average Bonchev–Trinajstić information content (AvgIpc) is 2.10. The molecule has 0 amide bonds. The lowest BCUT2D eigenvalue weighted by atomic mass is 10.4. The molecule has 1 rings (SSSR count). The van der Waals surface area contributed by atoms with Gasteiger partial charge in [0.15, 0.2) is 0 Å². The number of thiocarbonyl (C=S) groups is 1. The van der Waals surface area contributed by atoms with E-state index in [-0.39, 0.29) is 6.54 Å². The Balaban J connectivity index is 2.46. The molecule has 1 aliphatic rings. The quantitative estimate of drug-likeness (QED) is 0.733. The van der Waals surface area contributed by atoms with Crippen molar-refractivity contribution in [1.29, 1.82) is 0 Å². The van der Waals surface area contributed by atoms with Crippen molar-refractivity contribution in [1.82, 2.24) is 9.80 Å². The van der Waals surface area contributed by atoms with Gasteiger partial charge in [-0.25, -0.2) is 0 Å². The summed E-state index contributed by atoms with van der Waals surface area (Å²) in [6.45, 7) is 3.75. The van der Waals surface area contributed by atoms with Gasteiger partial charge >= 0.3 is 5.97 Å². The highest BCUT2D eigenvalue weighted by molar-refractivity contribution is 8.22. The molecule has 14 heavy (non-hydrogen) atoms. The van der Waals surface area contributed by atoms with E-state index in [4.69, 9.17) is 17.3 Å². The summed E-state index contributed by atoms with van der Waals surface area (Å²) in [6.07, 6.45) is 1.08. The zero-order chi connectivity index (χ0) is 10.6. The Bertz CT molecular complexity index is 235. The van der Waals surface area contributed by atoms with Crippen LogP contribution in [0, 0.1) is 0 Å². The second kappa shape index (κ2) is 5.53. The van der Waals surface area contributed by atoms with Crippen molar-refractivity contribution in [2.24, 2.45) is 0 Å². The average molecular weight is 234 g/mol. The van der Waals surface area contributed by atoms with Gasteiger partial charge in [0.1, 0.15) is 10.9 Å². The van der Waals surface area contributed by atoms with Crippen LogP contribution in [0.15, 0.2) is 0 Å². The van der Waals surface area contributed by atoms with Crippen LogP contribution in [0.2, 0.25) is 0 Å². The number of nitrogens with zero attached hydrogens (tertiary/aromatic N) is 2. The summed E-state index contributed by atoms with van der Waals surface area (Å²) in [5.41, 5.74) is 0. The van der Waals surface area contributed by atoms with Crippen LogP contribution in [0.5, 0.6) is 0 Å². The molecule has 1 fully saturated rings. The van der Waals surface area contributed by atoms with Crippen LogP contribution in [-0.2, 0) is 4.79 Å². The lowest BCUT2D eigenvalue weighted by Crippen LogP contribution is -2.46. The van der Waals surface area contributed by atoms with Crippen LogP contribution < -0.4 is 0 Å². The standard InChI is InChI=1S/C8H14N2O2S2/c1-2-3-9-5-10(4-7(11)12)8(13)14-6-9/h2-6H2,1H3,(H,11,12). The van der Waals surface area contributed by atoms with Gasteiger partial charge in [0.25, 0.3) is 0 Å². The lowest BCUT2D eigenvalue weighted by Gasteiger charge is -2.35. The molecule has 80 valence electrons.